The highest BCUT2D eigenvalue weighted by atomic mass is 19.2. The van der Waals surface area contributed by atoms with Gasteiger partial charge in [0.2, 0.25) is 34.8 Å². The number of hydrogen-bond donors (Lipinski definition) is 1. The molecule has 0 aliphatic carbocycles. The van der Waals surface area contributed by atoms with Crippen LogP contribution in [0.3, 0.4) is 0 Å². The van der Waals surface area contributed by atoms with Gasteiger partial charge in [-0.1, -0.05) is 12.1 Å². The fourth-order valence-electron chi connectivity index (χ4n) is 3.02. The Morgan fingerprint density at radius 2 is 0.929 bits per heavy atom. The molecule has 2 aromatic carbocycles. The first-order valence-corrected chi connectivity index (χ1v) is 13.0. The quantitative estimate of drug-likeness (QED) is 0.0381. The van der Waals surface area contributed by atoms with Gasteiger partial charge >= 0.3 is 5.97 Å². The molecule has 0 saturated heterocycles. The zero-order valence-corrected chi connectivity index (χ0v) is 22.9. The van der Waals surface area contributed by atoms with Gasteiger partial charge in [0.25, 0.3) is 0 Å². The molecule has 236 valence electrons. The van der Waals surface area contributed by atoms with Crippen LogP contribution in [0, 0.1) is 29.1 Å². The molecule has 15 heteroatoms. The second-order valence-electron chi connectivity index (χ2n) is 8.18. The molecule has 0 unspecified atom stereocenters. The van der Waals surface area contributed by atoms with Crippen LogP contribution in [0.5, 0.6) is 11.5 Å². The zero-order chi connectivity index (χ0) is 30.6. The third-order valence-corrected chi connectivity index (χ3v) is 5.10. The molecular weight excluding hydrogens is 577 g/mol. The van der Waals surface area contributed by atoms with Crippen molar-refractivity contribution in [2.45, 2.75) is 6.42 Å². The minimum Gasteiger partial charge on any atom is -0.489 e. The molecule has 10 nitrogen and oxygen atoms in total. The molecule has 0 aliphatic heterocycles. The number of benzene rings is 2. The summed E-state index contributed by atoms with van der Waals surface area (Å²) >= 11 is 0. The second-order valence-corrected chi connectivity index (χ2v) is 8.18. The molecule has 0 saturated carbocycles. The Bertz CT molecular complexity index is 1050. The van der Waals surface area contributed by atoms with E-state index < -0.39 is 47.2 Å². The average Bonchev–Trinajstić information content (AvgIpc) is 2.99. The van der Waals surface area contributed by atoms with E-state index in [0.717, 1.165) is 0 Å². The lowest BCUT2D eigenvalue weighted by Gasteiger charge is -2.10. The molecule has 0 aliphatic rings. The largest absolute Gasteiger partial charge is 0.489 e. The molecule has 2 N–H and O–H groups in total. The Morgan fingerprint density at radius 1 is 0.548 bits per heavy atom. The molecule has 0 heterocycles. The van der Waals surface area contributed by atoms with Gasteiger partial charge < -0.3 is 43.6 Å². The van der Waals surface area contributed by atoms with Crippen molar-refractivity contribution in [3.05, 3.63) is 53.4 Å². The van der Waals surface area contributed by atoms with Crippen LogP contribution in [-0.2, 0) is 33.2 Å². The maximum Gasteiger partial charge on any atom is 0.313 e. The van der Waals surface area contributed by atoms with Crippen molar-refractivity contribution in [3.63, 3.8) is 0 Å². The van der Waals surface area contributed by atoms with Crippen molar-refractivity contribution >= 4 is 11.7 Å². The van der Waals surface area contributed by atoms with E-state index in [1.807, 2.05) is 12.1 Å². The number of ether oxygens (including phenoxy) is 8. The van der Waals surface area contributed by atoms with Gasteiger partial charge in [-0.2, -0.15) is 8.78 Å². The minimum absolute atomic E-state index is 0.0839. The van der Waals surface area contributed by atoms with Gasteiger partial charge in [0.05, 0.1) is 91.4 Å². The summed E-state index contributed by atoms with van der Waals surface area (Å²) < 4.78 is 108. The van der Waals surface area contributed by atoms with Crippen LogP contribution in [0.4, 0.5) is 27.6 Å². The highest BCUT2D eigenvalue weighted by molar-refractivity contribution is 5.72. The van der Waals surface area contributed by atoms with E-state index in [0.29, 0.717) is 70.9 Å². The third kappa shape index (κ3) is 13.3. The van der Waals surface area contributed by atoms with Crippen molar-refractivity contribution in [1.29, 1.82) is 0 Å². The predicted molar refractivity (Wildman–Crippen MR) is 138 cm³/mol. The molecule has 0 aromatic heterocycles. The number of esters is 1. The summed E-state index contributed by atoms with van der Waals surface area (Å²) in [5, 5.41) is 0. The highest BCUT2D eigenvalue weighted by Gasteiger charge is 2.28. The van der Waals surface area contributed by atoms with Crippen molar-refractivity contribution in [3.8, 4) is 11.5 Å². The first-order chi connectivity index (χ1) is 20.3. The van der Waals surface area contributed by atoms with Crippen molar-refractivity contribution in [1.82, 2.24) is 0 Å². The van der Waals surface area contributed by atoms with Crippen LogP contribution in [0.15, 0.2) is 24.3 Å². The van der Waals surface area contributed by atoms with E-state index in [1.54, 1.807) is 12.1 Å². The Hall–Kier alpha value is -3.08. The summed E-state index contributed by atoms with van der Waals surface area (Å²) in [4.78, 5) is 11.6. The maximum atomic E-state index is 13.5. The van der Waals surface area contributed by atoms with Crippen molar-refractivity contribution in [2.24, 2.45) is 0 Å². The highest BCUT2D eigenvalue weighted by Crippen LogP contribution is 2.29. The number of anilines is 1. The van der Waals surface area contributed by atoms with Gasteiger partial charge in [0.15, 0.2) is 0 Å². The lowest BCUT2D eigenvalue weighted by atomic mass is 10.2. The number of carbonyl (C=O) groups is 1. The van der Waals surface area contributed by atoms with Crippen LogP contribution in [0.25, 0.3) is 0 Å². The number of para-hydroxylation sites is 2. The average molecular weight is 612 g/mol. The summed E-state index contributed by atoms with van der Waals surface area (Å²) in [7, 11) is 0. The first kappa shape index (κ1) is 35.1. The molecule has 0 atom stereocenters. The van der Waals surface area contributed by atoms with Gasteiger partial charge in [-0.25, -0.2) is 13.2 Å². The summed E-state index contributed by atoms with van der Waals surface area (Å²) in [6.45, 7) is 3.84. The van der Waals surface area contributed by atoms with E-state index in [2.05, 4.69) is 4.74 Å². The van der Waals surface area contributed by atoms with E-state index in [1.165, 1.54) is 0 Å². The number of hydrogen-bond acceptors (Lipinski definition) is 10. The summed E-state index contributed by atoms with van der Waals surface area (Å²) in [5.41, 5.74) is 6.36. The van der Waals surface area contributed by atoms with Crippen LogP contribution in [-0.4, -0.2) is 91.9 Å². The second kappa shape index (κ2) is 20.7. The van der Waals surface area contributed by atoms with E-state index in [9.17, 15) is 26.7 Å². The number of nitrogen functional groups attached to an aromatic ring is 1. The first-order valence-electron chi connectivity index (χ1n) is 13.0. The topological polar surface area (TPSA) is 117 Å². The predicted octanol–water partition coefficient (Wildman–Crippen LogP) is 3.44. The van der Waals surface area contributed by atoms with Crippen LogP contribution >= 0.6 is 0 Å². The Kier molecular flexibility index (Phi) is 17.3. The summed E-state index contributed by atoms with van der Waals surface area (Å²) in [6.07, 6.45) is -0.484. The van der Waals surface area contributed by atoms with Crippen LogP contribution in [0.2, 0.25) is 0 Å². The number of nitrogens with two attached hydrogens (primary N) is 1. The summed E-state index contributed by atoms with van der Waals surface area (Å²) in [6, 6.07) is 7.23. The van der Waals surface area contributed by atoms with Crippen LogP contribution < -0.4 is 15.2 Å². The van der Waals surface area contributed by atoms with Gasteiger partial charge in [-0.15, -0.1) is 0 Å². The molecule has 0 radical (unpaired) electrons. The van der Waals surface area contributed by atoms with Gasteiger partial charge in [0, 0.05) is 0 Å². The zero-order valence-electron chi connectivity index (χ0n) is 22.9. The van der Waals surface area contributed by atoms with Crippen LogP contribution in [0.1, 0.15) is 6.42 Å². The molecule has 2 rings (SSSR count). The van der Waals surface area contributed by atoms with Gasteiger partial charge in [-0.05, 0) is 12.1 Å². The Morgan fingerprint density at radius 3 is 1.38 bits per heavy atom. The maximum absolute atomic E-state index is 13.5. The third-order valence-electron chi connectivity index (χ3n) is 5.10. The lowest BCUT2D eigenvalue weighted by Crippen LogP contribution is -2.16. The fourth-order valence-corrected chi connectivity index (χ4v) is 3.02. The molecule has 0 bridgehead atoms. The Balaban J connectivity index is 1.31. The number of carbonyl (C=O) groups excluding carboxylic acids is 1. The van der Waals surface area contributed by atoms with Crippen molar-refractivity contribution < 1.29 is 64.6 Å². The summed E-state index contributed by atoms with van der Waals surface area (Å²) in [5.74, 6) is -13.5. The van der Waals surface area contributed by atoms with Gasteiger partial charge in [-0.3, -0.25) is 4.79 Å². The molecular formula is C27H34F5NO9. The Labute approximate surface area is 239 Å². The van der Waals surface area contributed by atoms with Crippen molar-refractivity contribution in [2.75, 3.05) is 91.6 Å². The molecule has 2 aromatic rings. The fraction of sp³-hybridized carbons (Fsp3) is 0.519. The van der Waals surface area contributed by atoms with E-state index >= 15 is 0 Å². The smallest absolute Gasteiger partial charge is 0.313 e. The lowest BCUT2D eigenvalue weighted by molar-refractivity contribution is -0.136. The standard InChI is InChI=1S/C27H34F5NO9/c28-22-23(29)25(31)27(26(32)24(22)30)42-21(34)5-6-35-7-8-36-9-10-37-11-12-38-13-14-39-15-16-40-17-18-41-20-4-2-1-3-19(20)33/h1-4H,5-18,33H2. The molecule has 0 fully saturated rings. The number of rotatable bonds is 23. The minimum atomic E-state index is -2.35. The van der Waals surface area contributed by atoms with Gasteiger partial charge in [0.1, 0.15) is 12.4 Å². The van der Waals surface area contributed by atoms with E-state index in [-0.39, 0.29) is 26.4 Å². The van der Waals surface area contributed by atoms with E-state index in [4.69, 9.17) is 38.9 Å². The molecule has 0 spiro atoms. The SMILES string of the molecule is Nc1ccccc1OCCOCCOCCOCCOCCOCCOCCC(=O)Oc1c(F)c(F)c(F)c(F)c1F. The normalized spacial score (nSPS) is 11.2. The monoisotopic (exact) mass is 611 g/mol. The molecule has 42 heavy (non-hydrogen) atoms. The molecule has 0 amide bonds. The number of halogens is 5.